The summed E-state index contributed by atoms with van der Waals surface area (Å²) in [4.78, 5) is 35.3. The molecule has 21 heavy (non-hydrogen) atoms. The molecule has 1 aromatic carbocycles. The van der Waals surface area contributed by atoms with Crippen molar-refractivity contribution in [3.8, 4) is 0 Å². The monoisotopic (exact) mass is 294 g/mol. The number of ether oxygens (including phenoxy) is 2. The van der Waals surface area contributed by atoms with E-state index in [1.165, 1.54) is 29.2 Å². The molecule has 0 radical (unpaired) electrons. The van der Waals surface area contributed by atoms with Crippen LogP contribution in [0.4, 0.5) is 5.69 Å². The minimum atomic E-state index is -0.885. The van der Waals surface area contributed by atoms with Crippen molar-refractivity contribution in [3.05, 3.63) is 39.9 Å². The highest BCUT2D eigenvalue weighted by molar-refractivity contribution is 5.95. The summed E-state index contributed by atoms with van der Waals surface area (Å²) in [5, 5.41) is 10.8. The molecule has 8 nitrogen and oxygen atoms in total. The average molecular weight is 294 g/mol. The Morgan fingerprint density at radius 2 is 1.95 bits per heavy atom. The number of nitro groups is 1. The Morgan fingerprint density at radius 1 is 1.29 bits per heavy atom. The Balaban J connectivity index is 1.95. The Hall–Kier alpha value is -2.48. The molecular formula is C13H14N2O6. The summed E-state index contributed by atoms with van der Waals surface area (Å²) in [5.41, 5.74) is -0.515. The van der Waals surface area contributed by atoms with Gasteiger partial charge < -0.3 is 14.4 Å². The van der Waals surface area contributed by atoms with Crippen LogP contribution in [0.25, 0.3) is 0 Å². The van der Waals surface area contributed by atoms with Gasteiger partial charge in [0.05, 0.1) is 18.1 Å². The smallest absolute Gasteiger partial charge is 0.345 e. The zero-order valence-electron chi connectivity index (χ0n) is 11.2. The highest BCUT2D eigenvalue weighted by atomic mass is 16.6. The second-order valence-corrected chi connectivity index (χ2v) is 4.34. The van der Waals surface area contributed by atoms with Crippen LogP contribution >= 0.6 is 0 Å². The van der Waals surface area contributed by atoms with Gasteiger partial charge in [-0.2, -0.15) is 0 Å². The number of morpholine rings is 1. The Morgan fingerprint density at radius 3 is 2.62 bits per heavy atom. The van der Waals surface area contributed by atoms with Crippen molar-refractivity contribution < 1.29 is 24.0 Å². The Kier molecular flexibility index (Phi) is 4.83. The lowest BCUT2D eigenvalue weighted by molar-refractivity contribution is -0.385. The lowest BCUT2D eigenvalue weighted by atomic mass is 10.2. The van der Waals surface area contributed by atoms with Crippen molar-refractivity contribution >= 4 is 17.6 Å². The summed E-state index contributed by atoms with van der Waals surface area (Å²) in [7, 11) is 0. The van der Waals surface area contributed by atoms with Crippen LogP contribution in [0.15, 0.2) is 24.3 Å². The molecule has 1 aliphatic rings. The molecule has 0 spiro atoms. The largest absolute Gasteiger partial charge is 0.452 e. The van der Waals surface area contributed by atoms with E-state index < -0.39 is 17.5 Å². The normalized spacial score (nSPS) is 14.6. The number of hydrogen-bond donors (Lipinski definition) is 0. The van der Waals surface area contributed by atoms with Crippen molar-refractivity contribution in [1.29, 1.82) is 0 Å². The molecule has 8 heteroatoms. The molecule has 0 aliphatic carbocycles. The summed E-state index contributed by atoms with van der Waals surface area (Å²) < 4.78 is 9.97. The minimum Gasteiger partial charge on any atom is -0.452 e. The number of rotatable bonds is 4. The van der Waals surface area contributed by atoms with Crippen molar-refractivity contribution in [3.63, 3.8) is 0 Å². The molecule has 112 valence electrons. The van der Waals surface area contributed by atoms with Gasteiger partial charge in [-0.25, -0.2) is 4.79 Å². The van der Waals surface area contributed by atoms with Crippen LogP contribution in [0, 0.1) is 10.1 Å². The molecule has 1 aromatic rings. The molecule has 0 N–H and O–H groups in total. The van der Waals surface area contributed by atoms with Gasteiger partial charge in [0.1, 0.15) is 5.56 Å². The van der Waals surface area contributed by atoms with Crippen LogP contribution in [0.3, 0.4) is 0 Å². The van der Waals surface area contributed by atoms with Crippen LogP contribution in [0.2, 0.25) is 0 Å². The first-order valence-electron chi connectivity index (χ1n) is 6.35. The molecule has 0 saturated carbocycles. The van der Waals surface area contributed by atoms with Crippen LogP contribution < -0.4 is 0 Å². The SMILES string of the molecule is O=C(OCC(=O)N1CCOCC1)c1ccccc1[N+](=O)[O-]. The molecule has 0 aromatic heterocycles. The molecule has 2 rings (SSSR count). The predicted molar refractivity (Wildman–Crippen MR) is 70.8 cm³/mol. The summed E-state index contributed by atoms with van der Waals surface area (Å²) in [6.07, 6.45) is 0. The maximum atomic E-state index is 11.8. The second-order valence-electron chi connectivity index (χ2n) is 4.34. The van der Waals surface area contributed by atoms with Gasteiger partial charge in [0, 0.05) is 19.2 Å². The van der Waals surface area contributed by atoms with Crippen LogP contribution in [0.1, 0.15) is 10.4 Å². The number of hydrogen-bond acceptors (Lipinski definition) is 6. The fourth-order valence-corrected chi connectivity index (χ4v) is 1.91. The second kappa shape index (κ2) is 6.80. The highest BCUT2D eigenvalue weighted by Crippen LogP contribution is 2.18. The number of amides is 1. The number of carbonyl (C=O) groups excluding carboxylic acids is 2. The predicted octanol–water partition coefficient (Wildman–Crippen LogP) is 0.610. The number of nitro benzene ring substituents is 1. The summed E-state index contributed by atoms with van der Waals surface area (Å²) in [6, 6.07) is 5.45. The molecule has 0 atom stereocenters. The van der Waals surface area contributed by atoms with E-state index in [1.807, 2.05) is 0 Å². The maximum absolute atomic E-state index is 11.8. The van der Waals surface area contributed by atoms with Crippen LogP contribution in [-0.2, 0) is 14.3 Å². The zero-order chi connectivity index (χ0) is 15.2. The lowest BCUT2D eigenvalue weighted by Crippen LogP contribution is -2.42. The fourth-order valence-electron chi connectivity index (χ4n) is 1.91. The van der Waals surface area contributed by atoms with Gasteiger partial charge >= 0.3 is 5.97 Å². The number of carbonyl (C=O) groups is 2. The molecule has 0 bridgehead atoms. The standard InChI is InChI=1S/C13H14N2O6/c16-12(14-5-7-20-8-6-14)9-21-13(17)10-3-1-2-4-11(10)15(18)19/h1-4H,5-9H2. The molecular weight excluding hydrogens is 280 g/mol. The average Bonchev–Trinajstić information content (AvgIpc) is 2.53. The number of benzene rings is 1. The third kappa shape index (κ3) is 3.76. The van der Waals surface area contributed by atoms with Crippen LogP contribution in [0.5, 0.6) is 0 Å². The van der Waals surface area contributed by atoms with E-state index in [1.54, 1.807) is 0 Å². The Labute approximate surface area is 120 Å². The van der Waals surface area contributed by atoms with Gasteiger partial charge in [-0.3, -0.25) is 14.9 Å². The fraction of sp³-hybridized carbons (Fsp3) is 0.385. The van der Waals surface area contributed by atoms with Gasteiger partial charge in [0.2, 0.25) is 0 Å². The third-order valence-electron chi connectivity index (χ3n) is 3.01. The number of para-hydroxylation sites is 1. The molecule has 0 unspecified atom stereocenters. The maximum Gasteiger partial charge on any atom is 0.345 e. The summed E-state index contributed by atoms with van der Waals surface area (Å²) >= 11 is 0. The van der Waals surface area contributed by atoms with Crippen LogP contribution in [-0.4, -0.2) is 54.6 Å². The van der Waals surface area contributed by atoms with E-state index in [-0.39, 0.29) is 17.2 Å². The van der Waals surface area contributed by atoms with Crippen molar-refractivity contribution in [2.75, 3.05) is 32.9 Å². The van der Waals surface area contributed by atoms with E-state index in [4.69, 9.17) is 9.47 Å². The van der Waals surface area contributed by atoms with Gasteiger partial charge in [0.25, 0.3) is 11.6 Å². The van der Waals surface area contributed by atoms with Gasteiger partial charge in [-0.05, 0) is 6.07 Å². The molecule has 1 aliphatic heterocycles. The third-order valence-corrected chi connectivity index (χ3v) is 3.01. The quantitative estimate of drug-likeness (QED) is 0.458. The van der Waals surface area contributed by atoms with Crippen molar-refractivity contribution in [1.82, 2.24) is 4.90 Å². The zero-order valence-corrected chi connectivity index (χ0v) is 11.2. The van der Waals surface area contributed by atoms with Gasteiger partial charge in [-0.15, -0.1) is 0 Å². The minimum absolute atomic E-state index is 0.169. The van der Waals surface area contributed by atoms with E-state index in [9.17, 15) is 19.7 Å². The molecule has 1 amide bonds. The summed E-state index contributed by atoms with van der Waals surface area (Å²) in [5.74, 6) is -1.23. The summed E-state index contributed by atoms with van der Waals surface area (Å²) in [6.45, 7) is 1.35. The van der Waals surface area contributed by atoms with E-state index >= 15 is 0 Å². The first-order chi connectivity index (χ1) is 10.1. The van der Waals surface area contributed by atoms with Crippen molar-refractivity contribution in [2.24, 2.45) is 0 Å². The van der Waals surface area contributed by atoms with E-state index in [0.717, 1.165) is 0 Å². The van der Waals surface area contributed by atoms with Gasteiger partial charge in [0.15, 0.2) is 6.61 Å². The topological polar surface area (TPSA) is 99.0 Å². The molecule has 1 fully saturated rings. The highest BCUT2D eigenvalue weighted by Gasteiger charge is 2.23. The Bertz CT molecular complexity index is 553. The molecule has 1 saturated heterocycles. The van der Waals surface area contributed by atoms with Crippen molar-refractivity contribution in [2.45, 2.75) is 0 Å². The van der Waals surface area contributed by atoms with Gasteiger partial charge in [-0.1, -0.05) is 12.1 Å². The first kappa shape index (κ1) is 14.9. The molecule has 1 heterocycles. The first-order valence-corrected chi connectivity index (χ1v) is 6.35. The number of nitrogens with zero attached hydrogens (tertiary/aromatic N) is 2. The van der Waals surface area contributed by atoms with E-state index in [0.29, 0.717) is 26.3 Å². The number of esters is 1. The lowest BCUT2D eigenvalue weighted by Gasteiger charge is -2.26. The van der Waals surface area contributed by atoms with E-state index in [2.05, 4.69) is 0 Å².